The summed E-state index contributed by atoms with van der Waals surface area (Å²) in [4.78, 5) is 0. The van der Waals surface area contributed by atoms with E-state index < -0.39 is 0 Å². The first-order chi connectivity index (χ1) is 7.67. The lowest BCUT2D eigenvalue weighted by Gasteiger charge is -2.12. The molecule has 0 fully saturated rings. The van der Waals surface area contributed by atoms with E-state index in [2.05, 4.69) is 6.92 Å². The van der Waals surface area contributed by atoms with Crippen molar-refractivity contribution in [1.29, 1.82) is 0 Å². The van der Waals surface area contributed by atoms with Gasteiger partial charge in [0.1, 0.15) is 11.6 Å². The monoisotopic (exact) mass is 225 g/mol. The summed E-state index contributed by atoms with van der Waals surface area (Å²) < 4.78 is 18.3. The van der Waals surface area contributed by atoms with Gasteiger partial charge in [-0.3, -0.25) is 0 Å². The van der Waals surface area contributed by atoms with E-state index >= 15 is 0 Å². The van der Waals surface area contributed by atoms with Gasteiger partial charge in [0.05, 0.1) is 7.11 Å². The highest BCUT2D eigenvalue weighted by Gasteiger charge is 2.07. The minimum atomic E-state index is -0.222. The molecule has 0 aliphatic heterocycles. The Balaban J connectivity index is 2.61. The minimum absolute atomic E-state index is 0.193. The van der Waals surface area contributed by atoms with Crippen molar-refractivity contribution in [3.8, 4) is 5.75 Å². The van der Waals surface area contributed by atoms with Gasteiger partial charge in [-0.15, -0.1) is 0 Å². The highest BCUT2D eigenvalue weighted by molar-refractivity contribution is 5.34. The third-order valence-electron chi connectivity index (χ3n) is 2.69. The van der Waals surface area contributed by atoms with E-state index in [0.717, 1.165) is 37.0 Å². The number of rotatable bonds is 6. The molecule has 1 atom stereocenters. The smallest absolute Gasteiger partial charge is 0.123 e. The topological polar surface area (TPSA) is 35.2 Å². The summed E-state index contributed by atoms with van der Waals surface area (Å²) in [6.07, 6.45) is 3.73. The summed E-state index contributed by atoms with van der Waals surface area (Å²) >= 11 is 0. The zero-order valence-electron chi connectivity index (χ0n) is 10.0. The quantitative estimate of drug-likeness (QED) is 0.808. The van der Waals surface area contributed by atoms with E-state index in [9.17, 15) is 4.39 Å². The first-order valence-corrected chi connectivity index (χ1v) is 5.75. The lowest BCUT2D eigenvalue weighted by Crippen LogP contribution is -2.20. The summed E-state index contributed by atoms with van der Waals surface area (Å²) in [5, 5.41) is 0. The van der Waals surface area contributed by atoms with Crippen LogP contribution in [0.15, 0.2) is 18.2 Å². The van der Waals surface area contributed by atoms with Crippen LogP contribution in [0, 0.1) is 5.82 Å². The number of aryl methyl sites for hydroxylation is 1. The predicted molar refractivity (Wildman–Crippen MR) is 64.2 cm³/mol. The van der Waals surface area contributed by atoms with Gasteiger partial charge in [0, 0.05) is 6.04 Å². The highest BCUT2D eigenvalue weighted by atomic mass is 19.1. The maximum atomic E-state index is 13.1. The predicted octanol–water partition coefficient (Wildman–Crippen LogP) is 2.89. The Labute approximate surface area is 96.6 Å². The molecule has 0 saturated carbocycles. The molecule has 90 valence electrons. The summed E-state index contributed by atoms with van der Waals surface area (Å²) in [6, 6.07) is 4.79. The highest BCUT2D eigenvalue weighted by Crippen LogP contribution is 2.21. The lowest BCUT2D eigenvalue weighted by atomic mass is 10.0. The molecule has 0 radical (unpaired) electrons. The molecule has 0 aliphatic rings. The van der Waals surface area contributed by atoms with E-state index in [1.807, 2.05) is 0 Å². The van der Waals surface area contributed by atoms with Crippen molar-refractivity contribution in [2.45, 2.75) is 38.6 Å². The molecule has 16 heavy (non-hydrogen) atoms. The third kappa shape index (κ3) is 3.81. The van der Waals surface area contributed by atoms with Crippen molar-refractivity contribution >= 4 is 0 Å². The van der Waals surface area contributed by atoms with Gasteiger partial charge in [0.15, 0.2) is 0 Å². The molecule has 1 aromatic rings. The molecule has 0 spiro atoms. The number of nitrogens with two attached hydrogens (primary N) is 1. The van der Waals surface area contributed by atoms with Crippen molar-refractivity contribution in [1.82, 2.24) is 0 Å². The fourth-order valence-corrected chi connectivity index (χ4v) is 1.80. The van der Waals surface area contributed by atoms with E-state index in [1.54, 1.807) is 13.2 Å². The Morgan fingerprint density at radius 1 is 1.38 bits per heavy atom. The number of benzene rings is 1. The molecule has 2 N–H and O–H groups in total. The number of methoxy groups -OCH3 is 1. The fourth-order valence-electron chi connectivity index (χ4n) is 1.80. The van der Waals surface area contributed by atoms with E-state index in [1.165, 1.54) is 12.1 Å². The molecule has 1 aromatic carbocycles. The van der Waals surface area contributed by atoms with Gasteiger partial charge in [-0.1, -0.05) is 13.3 Å². The average molecular weight is 225 g/mol. The fraction of sp³-hybridized carbons (Fsp3) is 0.538. The van der Waals surface area contributed by atoms with Crippen molar-refractivity contribution < 1.29 is 9.13 Å². The molecule has 0 heterocycles. The molecule has 0 aliphatic carbocycles. The Morgan fingerprint density at radius 3 is 2.75 bits per heavy atom. The first kappa shape index (κ1) is 13.0. The maximum Gasteiger partial charge on any atom is 0.123 e. The number of ether oxygens (including phenoxy) is 1. The summed E-state index contributed by atoms with van der Waals surface area (Å²) in [5.41, 5.74) is 6.82. The Hall–Kier alpha value is -1.09. The van der Waals surface area contributed by atoms with Gasteiger partial charge >= 0.3 is 0 Å². The van der Waals surface area contributed by atoms with Gasteiger partial charge < -0.3 is 10.5 Å². The first-order valence-electron chi connectivity index (χ1n) is 5.75. The van der Waals surface area contributed by atoms with Crippen LogP contribution in [0.1, 0.15) is 31.7 Å². The molecule has 1 unspecified atom stereocenters. The van der Waals surface area contributed by atoms with Crippen molar-refractivity contribution in [3.63, 3.8) is 0 Å². The average Bonchev–Trinajstić information content (AvgIpc) is 2.27. The SMILES string of the molecule is CCCC(N)CCc1cc(F)ccc1OC. The Kier molecular flexibility index (Phi) is 5.26. The van der Waals surface area contributed by atoms with Crippen molar-refractivity contribution in [2.24, 2.45) is 5.73 Å². The van der Waals surface area contributed by atoms with E-state index in [-0.39, 0.29) is 11.9 Å². The van der Waals surface area contributed by atoms with Crippen molar-refractivity contribution in [2.75, 3.05) is 7.11 Å². The van der Waals surface area contributed by atoms with E-state index in [4.69, 9.17) is 10.5 Å². The Morgan fingerprint density at radius 2 is 2.12 bits per heavy atom. The largest absolute Gasteiger partial charge is 0.496 e. The number of hydrogen-bond acceptors (Lipinski definition) is 2. The summed E-state index contributed by atoms with van der Waals surface area (Å²) in [5.74, 6) is 0.518. The third-order valence-corrected chi connectivity index (χ3v) is 2.69. The molecule has 0 saturated heterocycles. The standard InChI is InChI=1S/C13H20FNO/c1-3-4-12(15)7-5-10-9-11(14)6-8-13(10)16-2/h6,8-9,12H,3-5,7,15H2,1-2H3. The summed E-state index contributed by atoms with van der Waals surface area (Å²) in [6.45, 7) is 2.11. The molecular formula is C13H20FNO. The lowest BCUT2D eigenvalue weighted by molar-refractivity contribution is 0.406. The Bertz CT molecular complexity index is 328. The van der Waals surface area contributed by atoms with Crippen LogP contribution < -0.4 is 10.5 Å². The van der Waals surface area contributed by atoms with Crippen LogP contribution in [0.3, 0.4) is 0 Å². The number of hydrogen-bond donors (Lipinski definition) is 1. The maximum absolute atomic E-state index is 13.1. The zero-order chi connectivity index (χ0) is 12.0. The van der Waals surface area contributed by atoms with Crippen LogP contribution in [-0.4, -0.2) is 13.2 Å². The van der Waals surface area contributed by atoms with Crippen LogP contribution in [0.4, 0.5) is 4.39 Å². The van der Waals surface area contributed by atoms with E-state index in [0.29, 0.717) is 0 Å². The van der Waals surface area contributed by atoms with Crippen molar-refractivity contribution in [3.05, 3.63) is 29.6 Å². The van der Waals surface area contributed by atoms with Crippen LogP contribution in [-0.2, 0) is 6.42 Å². The number of halogens is 1. The van der Waals surface area contributed by atoms with Gasteiger partial charge in [0.2, 0.25) is 0 Å². The normalized spacial score (nSPS) is 12.5. The van der Waals surface area contributed by atoms with Gasteiger partial charge in [0.25, 0.3) is 0 Å². The van der Waals surface area contributed by atoms with Crippen LogP contribution in [0.25, 0.3) is 0 Å². The van der Waals surface area contributed by atoms with Crippen LogP contribution >= 0.6 is 0 Å². The second-order valence-corrected chi connectivity index (χ2v) is 4.04. The molecule has 0 aromatic heterocycles. The zero-order valence-corrected chi connectivity index (χ0v) is 10.0. The van der Waals surface area contributed by atoms with Crippen LogP contribution in [0.2, 0.25) is 0 Å². The molecule has 1 rings (SSSR count). The second kappa shape index (κ2) is 6.48. The minimum Gasteiger partial charge on any atom is -0.496 e. The molecule has 0 amide bonds. The van der Waals surface area contributed by atoms with Crippen LogP contribution in [0.5, 0.6) is 5.75 Å². The molecular weight excluding hydrogens is 205 g/mol. The molecule has 3 heteroatoms. The summed E-state index contributed by atoms with van der Waals surface area (Å²) in [7, 11) is 1.60. The second-order valence-electron chi connectivity index (χ2n) is 4.04. The molecule has 2 nitrogen and oxygen atoms in total. The van der Waals surface area contributed by atoms with Gasteiger partial charge in [-0.25, -0.2) is 4.39 Å². The molecule has 0 bridgehead atoms. The van der Waals surface area contributed by atoms with Gasteiger partial charge in [-0.2, -0.15) is 0 Å². The van der Waals surface area contributed by atoms with Gasteiger partial charge in [-0.05, 0) is 43.0 Å².